The largest absolute Gasteiger partial charge is 0.207 e. The third-order valence-corrected chi connectivity index (χ3v) is 4.97. The molecule has 0 spiro atoms. The lowest BCUT2D eigenvalue weighted by atomic mass is 10.2. The first-order valence-electron chi connectivity index (χ1n) is 5.52. The summed E-state index contributed by atoms with van der Waals surface area (Å²) in [6.07, 6.45) is 0. The molecule has 0 amide bonds. The second-order valence-corrected chi connectivity index (χ2v) is 6.01. The van der Waals surface area contributed by atoms with Crippen molar-refractivity contribution >= 4 is 43.6 Å². The Labute approximate surface area is 131 Å². The van der Waals surface area contributed by atoms with Crippen LogP contribution >= 0.6 is 43.6 Å². The van der Waals surface area contributed by atoms with E-state index in [1.165, 1.54) is 23.9 Å². The minimum absolute atomic E-state index is 0.251. The molecule has 0 heterocycles. The topological polar surface area (TPSA) is 0 Å². The Balaban J connectivity index is 2.42. The van der Waals surface area contributed by atoms with Crippen molar-refractivity contribution in [2.24, 2.45) is 0 Å². The number of hydrogen-bond acceptors (Lipinski definition) is 1. The molecule has 0 unspecified atom stereocenters. The summed E-state index contributed by atoms with van der Waals surface area (Å²) >= 11 is 7.95. The van der Waals surface area contributed by atoms with Crippen molar-refractivity contribution in [2.45, 2.75) is 20.5 Å². The van der Waals surface area contributed by atoms with Crippen LogP contribution in [0.5, 0.6) is 0 Å². The molecule has 0 radical (unpaired) electrons. The summed E-state index contributed by atoms with van der Waals surface area (Å²) in [7, 11) is 0. The van der Waals surface area contributed by atoms with Gasteiger partial charge in [0.15, 0.2) is 0 Å². The van der Waals surface area contributed by atoms with Crippen molar-refractivity contribution in [1.29, 1.82) is 0 Å². The minimum Gasteiger partial charge on any atom is -0.207 e. The minimum atomic E-state index is -0.251. The van der Waals surface area contributed by atoms with Crippen LogP contribution in [0.15, 0.2) is 46.2 Å². The predicted octanol–water partition coefficient (Wildman–Crippen LogP) is 5.91. The molecule has 2 aromatic rings. The Morgan fingerprint density at radius 2 is 1.21 bits per heavy atom. The summed E-state index contributed by atoms with van der Waals surface area (Å²) in [5.41, 5.74) is 1.19. The smallest absolute Gasteiger partial charge is 0.128 e. The van der Waals surface area contributed by atoms with Gasteiger partial charge in [-0.15, -0.1) is 0 Å². The lowest BCUT2D eigenvalue weighted by molar-refractivity contribution is 0.611. The first kappa shape index (κ1) is 15.0. The van der Waals surface area contributed by atoms with Crippen molar-refractivity contribution in [1.82, 2.24) is 0 Å². The van der Waals surface area contributed by atoms with Crippen LogP contribution in [0.2, 0.25) is 0 Å². The number of benzene rings is 2. The quantitative estimate of drug-likeness (QED) is 0.568. The maximum atomic E-state index is 13.7. The zero-order valence-corrected chi connectivity index (χ0v) is 13.8. The van der Waals surface area contributed by atoms with Crippen LogP contribution in [0.25, 0.3) is 0 Å². The third-order valence-electron chi connectivity index (χ3n) is 2.64. The molecule has 0 aromatic heterocycles. The Kier molecular flexibility index (Phi) is 5.42. The van der Waals surface area contributed by atoms with E-state index in [0.717, 1.165) is 9.79 Å². The summed E-state index contributed by atoms with van der Waals surface area (Å²) in [5.74, 6) is -0.502. The highest BCUT2D eigenvalue weighted by Crippen LogP contribution is 2.36. The van der Waals surface area contributed by atoms with E-state index in [-0.39, 0.29) is 11.6 Å². The third kappa shape index (κ3) is 3.38. The molecule has 19 heavy (non-hydrogen) atoms. The highest BCUT2D eigenvalue weighted by molar-refractivity contribution is 9.08. The van der Waals surface area contributed by atoms with Gasteiger partial charge in [0.25, 0.3) is 0 Å². The van der Waals surface area contributed by atoms with Gasteiger partial charge in [0.1, 0.15) is 11.6 Å². The Hall–Kier alpha value is -0.390. The van der Waals surface area contributed by atoms with Crippen LogP contribution in [-0.2, 0) is 10.7 Å². The van der Waals surface area contributed by atoms with Gasteiger partial charge in [0.05, 0.1) is 0 Å². The van der Waals surface area contributed by atoms with Gasteiger partial charge >= 0.3 is 0 Å². The van der Waals surface area contributed by atoms with Gasteiger partial charge in [-0.25, -0.2) is 8.78 Å². The van der Waals surface area contributed by atoms with Crippen molar-refractivity contribution in [3.8, 4) is 0 Å². The fourth-order valence-electron chi connectivity index (χ4n) is 1.65. The molecule has 0 atom stereocenters. The van der Waals surface area contributed by atoms with Crippen molar-refractivity contribution < 1.29 is 8.78 Å². The van der Waals surface area contributed by atoms with Crippen LogP contribution in [0, 0.1) is 11.6 Å². The summed E-state index contributed by atoms with van der Waals surface area (Å²) in [6.45, 7) is 0. The van der Waals surface area contributed by atoms with Crippen LogP contribution in [0.4, 0.5) is 8.78 Å². The first-order valence-corrected chi connectivity index (χ1v) is 8.58. The molecule has 0 N–H and O–H groups in total. The van der Waals surface area contributed by atoms with Crippen LogP contribution in [-0.4, -0.2) is 0 Å². The van der Waals surface area contributed by atoms with Crippen molar-refractivity contribution in [3.05, 3.63) is 59.2 Å². The van der Waals surface area contributed by atoms with E-state index in [4.69, 9.17) is 0 Å². The zero-order chi connectivity index (χ0) is 13.8. The van der Waals surface area contributed by atoms with E-state index in [2.05, 4.69) is 31.9 Å². The van der Waals surface area contributed by atoms with Gasteiger partial charge in [-0.3, -0.25) is 0 Å². The number of rotatable bonds is 4. The number of hydrogen-bond donors (Lipinski definition) is 0. The molecule has 0 saturated carbocycles. The van der Waals surface area contributed by atoms with E-state index >= 15 is 0 Å². The summed E-state index contributed by atoms with van der Waals surface area (Å²) in [4.78, 5) is 1.59. The molecule has 0 saturated heterocycles. The Morgan fingerprint density at radius 3 is 1.58 bits per heavy atom. The lowest BCUT2D eigenvalue weighted by Gasteiger charge is -2.11. The monoisotopic (exact) mass is 406 g/mol. The summed E-state index contributed by atoms with van der Waals surface area (Å²) in [5, 5.41) is 0.863. The van der Waals surface area contributed by atoms with E-state index in [1.54, 1.807) is 12.1 Å². The molecule has 100 valence electrons. The zero-order valence-electron chi connectivity index (χ0n) is 9.80. The van der Waals surface area contributed by atoms with Crippen LogP contribution < -0.4 is 0 Å². The van der Waals surface area contributed by atoms with Crippen molar-refractivity contribution in [3.63, 3.8) is 0 Å². The van der Waals surface area contributed by atoms with Crippen LogP contribution in [0.3, 0.4) is 0 Å². The summed E-state index contributed by atoms with van der Waals surface area (Å²) < 4.78 is 27.4. The average molecular weight is 408 g/mol. The van der Waals surface area contributed by atoms with Crippen molar-refractivity contribution in [2.75, 3.05) is 0 Å². The fraction of sp³-hybridized carbons (Fsp3) is 0.143. The number of alkyl halides is 2. The second-order valence-electron chi connectivity index (χ2n) is 3.80. The normalized spacial score (nSPS) is 10.7. The standard InChI is InChI=1S/C14H10Br2F2S/c15-7-9-11(17)3-1-5-13(9)19-14-6-2-4-12(18)10(14)8-16/h1-6H,7-8H2. The van der Waals surface area contributed by atoms with Gasteiger partial charge in [0, 0.05) is 31.6 Å². The SMILES string of the molecule is Fc1cccc(Sc2cccc(F)c2CBr)c1CBr. The molecule has 0 aliphatic heterocycles. The molecular weight excluding hydrogens is 398 g/mol. The van der Waals surface area contributed by atoms with Crippen LogP contribution in [0.1, 0.15) is 11.1 Å². The molecule has 0 fully saturated rings. The fourth-order valence-corrected chi connectivity index (χ4v) is 4.27. The average Bonchev–Trinajstić information content (AvgIpc) is 2.39. The lowest BCUT2D eigenvalue weighted by Crippen LogP contribution is -1.92. The molecule has 0 bridgehead atoms. The van der Waals surface area contributed by atoms with E-state index in [1.807, 2.05) is 12.1 Å². The molecular formula is C14H10Br2F2S. The highest BCUT2D eigenvalue weighted by Gasteiger charge is 2.12. The van der Waals surface area contributed by atoms with Gasteiger partial charge in [-0.1, -0.05) is 55.8 Å². The van der Waals surface area contributed by atoms with E-state index in [9.17, 15) is 8.78 Å². The molecule has 2 rings (SSSR count). The molecule has 0 nitrogen and oxygen atoms in total. The number of halogens is 4. The molecule has 0 aliphatic rings. The molecule has 2 aromatic carbocycles. The maximum Gasteiger partial charge on any atom is 0.128 e. The molecule has 5 heteroatoms. The maximum absolute atomic E-state index is 13.7. The highest BCUT2D eigenvalue weighted by atomic mass is 79.9. The van der Waals surface area contributed by atoms with Gasteiger partial charge < -0.3 is 0 Å². The van der Waals surface area contributed by atoms with Gasteiger partial charge in [-0.05, 0) is 24.3 Å². The first-order chi connectivity index (χ1) is 9.17. The second kappa shape index (κ2) is 6.86. The molecule has 0 aliphatic carbocycles. The van der Waals surface area contributed by atoms with Gasteiger partial charge in [-0.2, -0.15) is 0 Å². The predicted molar refractivity (Wildman–Crippen MR) is 82.2 cm³/mol. The Bertz CT molecular complexity index is 536. The Morgan fingerprint density at radius 1 is 0.789 bits per heavy atom. The van der Waals surface area contributed by atoms with E-state index in [0.29, 0.717) is 21.8 Å². The summed E-state index contributed by atoms with van der Waals surface area (Å²) in [6, 6.07) is 9.86. The van der Waals surface area contributed by atoms with E-state index < -0.39 is 0 Å². The van der Waals surface area contributed by atoms with Gasteiger partial charge in [0.2, 0.25) is 0 Å².